The van der Waals surface area contributed by atoms with Gasteiger partial charge in [0.1, 0.15) is 0 Å². The summed E-state index contributed by atoms with van der Waals surface area (Å²) in [7, 11) is 1.83. The number of likely N-dealkylation sites (N-methyl/N-ethyl adjacent to an activating group) is 1. The van der Waals surface area contributed by atoms with Gasteiger partial charge in [0.05, 0.1) is 11.4 Å². The van der Waals surface area contributed by atoms with Crippen molar-refractivity contribution in [3.05, 3.63) is 22.4 Å². The van der Waals surface area contributed by atoms with Crippen LogP contribution in [0.15, 0.2) is 17.5 Å². The molecule has 6 heteroatoms. The summed E-state index contributed by atoms with van der Waals surface area (Å²) in [6, 6.07) is 3.74. The summed E-state index contributed by atoms with van der Waals surface area (Å²) in [6.07, 6.45) is 0. The molecule has 0 saturated heterocycles. The molecule has 94 valence electrons. The second-order valence-electron chi connectivity index (χ2n) is 3.65. The highest BCUT2D eigenvalue weighted by Gasteiger charge is 2.08. The van der Waals surface area contributed by atoms with Gasteiger partial charge in [-0.05, 0) is 25.4 Å². The zero-order valence-corrected chi connectivity index (χ0v) is 10.8. The molecule has 1 atom stereocenters. The lowest BCUT2D eigenvalue weighted by atomic mass is 10.3. The fraction of sp³-hybridized carbons (Fsp3) is 0.455. The summed E-state index contributed by atoms with van der Waals surface area (Å²) in [4.78, 5) is 23.5. The number of carbonyl (C=O) groups excluding carboxylic acids is 2. The maximum atomic E-state index is 11.5. The van der Waals surface area contributed by atoms with Crippen LogP contribution >= 0.6 is 11.3 Å². The molecule has 0 spiro atoms. The molecule has 5 nitrogen and oxygen atoms in total. The lowest BCUT2D eigenvalue weighted by molar-refractivity contribution is -0.120. The second kappa shape index (κ2) is 7.03. The number of hydrogen-bond donors (Lipinski definition) is 3. The molecule has 3 N–H and O–H groups in total. The normalized spacial score (nSPS) is 11.9. The lowest BCUT2D eigenvalue weighted by Gasteiger charge is -2.11. The predicted octanol–water partition coefficient (Wildman–Crippen LogP) is 0.202. The first-order valence-electron chi connectivity index (χ1n) is 5.39. The SMILES string of the molecule is CNC(C)CNC(=O)CNC(=O)c1cccs1. The van der Waals surface area contributed by atoms with E-state index in [1.54, 1.807) is 12.1 Å². The Labute approximate surface area is 105 Å². The molecule has 1 rings (SSSR count). The third-order valence-electron chi connectivity index (χ3n) is 2.25. The second-order valence-corrected chi connectivity index (χ2v) is 4.60. The van der Waals surface area contributed by atoms with E-state index in [0.29, 0.717) is 11.4 Å². The predicted molar refractivity (Wildman–Crippen MR) is 68.2 cm³/mol. The van der Waals surface area contributed by atoms with Crippen molar-refractivity contribution in [3.8, 4) is 0 Å². The molecule has 0 aromatic carbocycles. The van der Waals surface area contributed by atoms with Crippen LogP contribution in [0.3, 0.4) is 0 Å². The largest absolute Gasteiger partial charge is 0.353 e. The quantitative estimate of drug-likeness (QED) is 0.680. The van der Waals surface area contributed by atoms with Crippen LogP contribution in [0.4, 0.5) is 0 Å². The molecule has 0 aliphatic rings. The molecular formula is C11H17N3O2S. The van der Waals surface area contributed by atoms with E-state index in [0.717, 1.165) is 0 Å². The Morgan fingerprint density at radius 2 is 2.18 bits per heavy atom. The molecular weight excluding hydrogens is 238 g/mol. The number of nitrogens with one attached hydrogen (secondary N) is 3. The number of amides is 2. The topological polar surface area (TPSA) is 70.2 Å². The third kappa shape index (κ3) is 4.97. The van der Waals surface area contributed by atoms with Crippen LogP contribution in [0.1, 0.15) is 16.6 Å². The molecule has 0 radical (unpaired) electrons. The van der Waals surface area contributed by atoms with E-state index in [4.69, 9.17) is 0 Å². The fourth-order valence-corrected chi connectivity index (χ4v) is 1.73. The molecule has 0 bridgehead atoms. The van der Waals surface area contributed by atoms with E-state index in [9.17, 15) is 9.59 Å². The van der Waals surface area contributed by atoms with Crippen LogP contribution in [-0.4, -0.2) is 38.0 Å². The molecule has 1 unspecified atom stereocenters. The molecule has 0 fully saturated rings. The summed E-state index contributed by atoms with van der Waals surface area (Å²) in [5.41, 5.74) is 0. The molecule has 1 heterocycles. The van der Waals surface area contributed by atoms with Gasteiger partial charge < -0.3 is 16.0 Å². The number of carbonyl (C=O) groups is 2. The highest BCUT2D eigenvalue weighted by molar-refractivity contribution is 7.12. The van der Waals surface area contributed by atoms with Gasteiger partial charge in [-0.2, -0.15) is 0 Å². The minimum atomic E-state index is -0.211. The molecule has 0 aliphatic carbocycles. The van der Waals surface area contributed by atoms with Crippen LogP contribution in [-0.2, 0) is 4.79 Å². The van der Waals surface area contributed by atoms with Gasteiger partial charge in [-0.1, -0.05) is 6.07 Å². The Kier molecular flexibility index (Phi) is 5.65. The van der Waals surface area contributed by atoms with Crippen LogP contribution in [0, 0.1) is 0 Å². The third-order valence-corrected chi connectivity index (χ3v) is 3.12. The molecule has 0 saturated carbocycles. The van der Waals surface area contributed by atoms with Gasteiger partial charge >= 0.3 is 0 Å². The zero-order valence-electron chi connectivity index (χ0n) is 9.95. The highest BCUT2D eigenvalue weighted by atomic mass is 32.1. The Bertz CT molecular complexity index is 365. The lowest BCUT2D eigenvalue weighted by Crippen LogP contribution is -2.42. The van der Waals surface area contributed by atoms with Gasteiger partial charge in [-0.15, -0.1) is 11.3 Å². The number of hydrogen-bond acceptors (Lipinski definition) is 4. The molecule has 2 amide bonds. The van der Waals surface area contributed by atoms with E-state index in [1.165, 1.54) is 11.3 Å². The van der Waals surface area contributed by atoms with Crippen LogP contribution in [0.5, 0.6) is 0 Å². The van der Waals surface area contributed by atoms with Crippen molar-refractivity contribution in [2.24, 2.45) is 0 Å². The Balaban J connectivity index is 2.22. The van der Waals surface area contributed by atoms with Crippen LogP contribution < -0.4 is 16.0 Å². The summed E-state index contributed by atoms with van der Waals surface area (Å²) < 4.78 is 0. The van der Waals surface area contributed by atoms with Gasteiger partial charge in [0, 0.05) is 12.6 Å². The van der Waals surface area contributed by atoms with Crippen molar-refractivity contribution < 1.29 is 9.59 Å². The Morgan fingerprint density at radius 1 is 1.41 bits per heavy atom. The first-order valence-corrected chi connectivity index (χ1v) is 6.27. The molecule has 0 aliphatic heterocycles. The van der Waals surface area contributed by atoms with Gasteiger partial charge in [0.15, 0.2) is 0 Å². The van der Waals surface area contributed by atoms with E-state index < -0.39 is 0 Å². The van der Waals surface area contributed by atoms with Crippen LogP contribution in [0.25, 0.3) is 0 Å². The number of rotatable bonds is 6. The van der Waals surface area contributed by atoms with Crippen molar-refractivity contribution in [1.82, 2.24) is 16.0 Å². The first kappa shape index (κ1) is 13.7. The van der Waals surface area contributed by atoms with Crippen molar-refractivity contribution >= 4 is 23.2 Å². The molecule has 1 aromatic rings. The smallest absolute Gasteiger partial charge is 0.261 e. The van der Waals surface area contributed by atoms with E-state index in [-0.39, 0.29) is 24.4 Å². The van der Waals surface area contributed by atoms with Gasteiger partial charge in [-0.25, -0.2) is 0 Å². The molecule has 1 aromatic heterocycles. The minimum absolute atomic E-state index is 0.00711. The van der Waals surface area contributed by atoms with Gasteiger partial charge in [-0.3, -0.25) is 9.59 Å². The van der Waals surface area contributed by atoms with Crippen molar-refractivity contribution in [2.45, 2.75) is 13.0 Å². The van der Waals surface area contributed by atoms with Crippen molar-refractivity contribution in [1.29, 1.82) is 0 Å². The Hall–Kier alpha value is -1.40. The average Bonchev–Trinajstić information content (AvgIpc) is 2.86. The summed E-state index contributed by atoms with van der Waals surface area (Å²) >= 11 is 1.35. The Morgan fingerprint density at radius 3 is 2.76 bits per heavy atom. The van der Waals surface area contributed by atoms with E-state index >= 15 is 0 Å². The van der Waals surface area contributed by atoms with Gasteiger partial charge in [0.25, 0.3) is 5.91 Å². The van der Waals surface area contributed by atoms with Crippen molar-refractivity contribution in [3.63, 3.8) is 0 Å². The monoisotopic (exact) mass is 255 g/mol. The standard InChI is InChI=1S/C11H17N3O2S/c1-8(12-2)6-13-10(15)7-14-11(16)9-4-3-5-17-9/h3-5,8,12H,6-7H2,1-2H3,(H,13,15)(H,14,16). The maximum absolute atomic E-state index is 11.5. The van der Waals surface area contributed by atoms with Crippen molar-refractivity contribution in [2.75, 3.05) is 20.1 Å². The number of thiophene rings is 1. The zero-order chi connectivity index (χ0) is 12.7. The highest BCUT2D eigenvalue weighted by Crippen LogP contribution is 2.07. The molecule has 17 heavy (non-hydrogen) atoms. The van der Waals surface area contributed by atoms with Gasteiger partial charge in [0.2, 0.25) is 5.91 Å². The van der Waals surface area contributed by atoms with E-state index in [1.807, 2.05) is 19.4 Å². The fourth-order valence-electron chi connectivity index (χ4n) is 1.09. The first-order chi connectivity index (χ1) is 8.13. The minimum Gasteiger partial charge on any atom is -0.353 e. The average molecular weight is 255 g/mol. The maximum Gasteiger partial charge on any atom is 0.261 e. The summed E-state index contributed by atoms with van der Waals surface area (Å²) in [5.74, 6) is -0.395. The van der Waals surface area contributed by atoms with E-state index in [2.05, 4.69) is 16.0 Å². The summed E-state index contributed by atoms with van der Waals surface area (Å²) in [6.45, 7) is 2.52. The summed E-state index contributed by atoms with van der Waals surface area (Å²) in [5, 5.41) is 10.1. The van der Waals surface area contributed by atoms with Crippen LogP contribution in [0.2, 0.25) is 0 Å².